The molecule has 0 spiro atoms. The van der Waals surface area contributed by atoms with E-state index in [2.05, 4.69) is 11.1 Å². The molecule has 1 fully saturated rings. The molecule has 0 bridgehead atoms. The van der Waals surface area contributed by atoms with E-state index in [0.29, 0.717) is 17.9 Å². The van der Waals surface area contributed by atoms with Gasteiger partial charge in [-0.15, -0.1) is 0 Å². The van der Waals surface area contributed by atoms with Crippen LogP contribution in [0.2, 0.25) is 0 Å². The molecule has 1 aromatic heterocycles. The van der Waals surface area contributed by atoms with Crippen LogP contribution >= 0.6 is 0 Å². The Morgan fingerprint density at radius 1 is 1.50 bits per heavy atom. The lowest BCUT2D eigenvalue weighted by Gasteiger charge is -2.23. The van der Waals surface area contributed by atoms with Gasteiger partial charge in [0.2, 0.25) is 0 Å². The maximum Gasteiger partial charge on any atom is 0.155 e. The van der Waals surface area contributed by atoms with Crippen LogP contribution in [0, 0.1) is 11.3 Å². The number of nitriles is 1. The first-order valence-corrected chi connectivity index (χ1v) is 5.49. The van der Waals surface area contributed by atoms with Crippen molar-refractivity contribution in [3.63, 3.8) is 0 Å². The van der Waals surface area contributed by atoms with Gasteiger partial charge < -0.3 is 10.5 Å². The predicted octanol–water partition coefficient (Wildman–Crippen LogP) is 1.60. The van der Waals surface area contributed by atoms with Gasteiger partial charge >= 0.3 is 0 Å². The van der Waals surface area contributed by atoms with Gasteiger partial charge in [0.25, 0.3) is 0 Å². The maximum atomic E-state index is 8.89. The van der Waals surface area contributed by atoms with E-state index in [9.17, 15) is 0 Å². The first-order chi connectivity index (χ1) is 7.73. The van der Waals surface area contributed by atoms with Gasteiger partial charge in [-0.3, -0.25) is 4.98 Å². The highest BCUT2D eigenvalue weighted by Gasteiger charge is 2.30. The number of hydrogen-bond acceptors (Lipinski definition) is 4. The van der Waals surface area contributed by atoms with Crippen LogP contribution in [0.15, 0.2) is 18.5 Å². The lowest BCUT2D eigenvalue weighted by Crippen LogP contribution is -2.42. The van der Waals surface area contributed by atoms with Crippen molar-refractivity contribution in [1.82, 2.24) is 4.98 Å². The van der Waals surface area contributed by atoms with E-state index in [-0.39, 0.29) is 5.54 Å². The molecule has 0 saturated heterocycles. The lowest BCUT2D eigenvalue weighted by atomic mass is 10.0. The Morgan fingerprint density at radius 3 is 2.94 bits per heavy atom. The normalized spacial score (nSPS) is 18.0. The van der Waals surface area contributed by atoms with Gasteiger partial charge in [-0.2, -0.15) is 5.26 Å². The quantitative estimate of drug-likeness (QED) is 0.834. The average Bonchev–Trinajstić information content (AvgIpc) is 2.74. The molecular formula is C12H15N3O. The fourth-order valence-electron chi connectivity index (χ4n) is 2.03. The van der Waals surface area contributed by atoms with Crippen LogP contribution in [0.25, 0.3) is 0 Å². The third-order valence-electron chi connectivity index (χ3n) is 3.02. The number of aromatic nitrogens is 1. The topological polar surface area (TPSA) is 71.9 Å². The molecule has 0 amide bonds. The maximum absolute atomic E-state index is 8.89. The van der Waals surface area contributed by atoms with Crippen LogP contribution in [0.3, 0.4) is 0 Å². The van der Waals surface area contributed by atoms with E-state index in [1.165, 1.54) is 0 Å². The van der Waals surface area contributed by atoms with Crippen LogP contribution in [0.1, 0.15) is 31.2 Å². The van der Waals surface area contributed by atoms with E-state index >= 15 is 0 Å². The summed E-state index contributed by atoms with van der Waals surface area (Å²) in [6.45, 7) is 0.466. The molecule has 2 rings (SSSR count). The summed E-state index contributed by atoms with van der Waals surface area (Å²) in [6, 6.07) is 3.72. The van der Waals surface area contributed by atoms with Crippen molar-refractivity contribution < 1.29 is 4.74 Å². The van der Waals surface area contributed by atoms with Gasteiger partial charge in [-0.1, -0.05) is 12.8 Å². The molecule has 0 aliphatic heterocycles. The molecule has 0 atom stereocenters. The zero-order valence-corrected chi connectivity index (χ0v) is 9.15. The summed E-state index contributed by atoms with van der Waals surface area (Å²) in [5.74, 6) is 0.529. The Hall–Kier alpha value is -1.60. The van der Waals surface area contributed by atoms with Crippen molar-refractivity contribution in [2.75, 3.05) is 6.61 Å². The first-order valence-electron chi connectivity index (χ1n) is 5.49. The second-order valence-electron chi connectivity index (χ2n) is 4.34. The molecule has 1 heterocycles. The molecule has 1 saturated carbocycles. The summed E-state index contributed by atoms with van der Waals surface area (Å²) in [5, 5.41) is 8.89. The van der Waals surface area contributed by atoms with Crippen molar-refractivity contribution in [2.24, 2.45) is 5.73 Å². The number of pyridine rings is 1. The average molecular weight is 217 g/mol. The molecule has 16 heavy (non-hydrogen) atoms. The standard InChI is InChI=1S/C12H15N3O/c13-7-10-3-6-15-8-11(10)16-9-12(14)4-1-2-5-12/h3,6,8H,1-2,4-5,9,14H2. The molecule has 0 unspecified atom stereocenters. The lowest BCUT2D eigenvalue weighted by molar-refractivity contribution is 0.219. The number of nitrogens with two attached hydrogens (primary N) is 1. The molecule has 0 radical (unpaired) electrons. The number of rotatable bonds is 3. The van der Waals surface area contributed by atoms with Gasteiger partial charge in [-0.05, 0) is 18.9 Å². The number of nitrogens with zero attached hydrogens (tertiary/aromatic N) is 2. The Balaban J connectivity index is 2.02. The van der Waals surface area contributed by atoms with Gasteiger partial charge in [0.1, 0.15) is 12.7 Å². The Bertz CT molecular complexity index is 405. The molecule has 1 aromatic rings. The van der Waals surface area contributed by atoms with Crippen molar-refractivity contribution in [3.05, 3.63) is 24.0 Å². The smallest absolute Gasteiger partial charge is 0.155 e. The summed E-state index contributed by atoms with van der Waals surface area (Å²) in [4.78, 5) is 3.94. The molecule has 84 valence electrons. The predicted molar refractivity (Wildman–Crippen MR) is 59.8 cm³/mol. The molecule has 2 N–H and O–H groups in total. The highest BCUT2D eigenvalue weighted by Crippen LogP contribution is 2.28. The summed E-state index contributed by atoms with van der Waals surface area (Å²) in [5.41, 5.74) is 6.46. The van der Waals surface area contributed by atoms with Crippen LogP contribution in [-0.2, 0) is 0 Å². The van der Waals surface area contributed by atoms with Crippen LogP contribution < -0.4 is 10.5 Å². The molecule has 1 aliphatic carbocycles. The summed E-state index contributed by atoms with van der Waals surface area (Å²) in [6.07, 6.45) is 7.47. The minimum Gasteiger partial charge on any atom is -0.489 e. The number of ether oxygens (including phenoxy) is 1. The SMILES string of the molecule is N#Cc1ccncc1OCC1(N)CCCC1. The van der Waals surface area contributed by atoms with Crippen molar-refractivity contribution in [3.8, 4) is 11.8 Å². The van der Waals surface area contributed by atoms with Gasteiger partial charge in [-0.25, -0.2) is 0 Å². The molecular weight excluding hydrogens is 202 g/mol. The van der Waals surface area contributed by atoms with Crippen molar-refractivity contribution in [1.29, 1.82) is 5.26 Å². The Morgan fingerprint density at radius 2 is 2.25 bits per heavy atom. The second-order valence-corrected chi connectivity index (χ2v) is 4.34. The first kappa shape index (κ1) is 10.9. The van der Waals surface area contributed by atoms with Crippen LogP contribution in [0.5, 0.6) is 5.75 Å². The number of hydrogen-bond donors (Lipinski definition) is 1. The minimum atomic E-state index is -0.220. The van der Waals surface area contributed by atoms with Crippen molar-refractivity contribution in [2.45, 2.75) is 31.2 Å². The van der Waals surface area contributed by atoms with E-state index in [1.54, 1.807) is 18.5 Å². The zero-order valence-electron chi connectivity index (χ0n) is 9.15. The van der Waals surface area contributed by atoms with E-state index in [4.69, 9.17) is 15.7 Å². The van der Waals surface area contributed by atoms with Crippen LogP contribution in [0.4, 0.5) is 0 Å². The van der Waals surface area contributed by atoms with E-state index < -0.39 is 0 Å². The largest absolute Gasteiger partial charge is 0.489 e. The van der Waals surface area contributed by atoms with Crippen molar-refractivity contribution >= 4 is 0 Å². The third kappa shape index (κ3) is 2.31. The summed E-state index contributed by atoms with van der Waals surface area (Å²) >= 11 is 0. The summed E-state index contributed by atoms with van der Waals surface area (Å²) < 4.78 is 5.60. The highest BCUT2D eigenvalue weighted by atomic mass is 16.5. The molecule has 0 aromatic carbocycles. The van der Waals surface area contributed by atoms with Gasteiger partial charge in [0.05, 0.1) is 17.3 Å². The van der Waals surface area contributed by atoms with E-state index in [0.717, 1.165) is 25.7 Å². The fourth-order valence-corrected chi connectivity index (χ4v) is 2.03. The Kier molecular flexibility index (Phi) is 3.07. The molecule has 4 nitrogen and oxygen atoms in total. The monoisotopic (exact) mass is 217 g/mol. The third-order valence-corrected chi connectivity index (χ3v) is 3.02. The molecule has 1 aliphatic rings. The second kappa shape index (κ2) is 4.50. The Labute approximate surface area is 95.0 Å². The highest BCUT2D eigenvalue weighted by molar-refractivity contribution is 5.40. The minimum absolute atomic E-state index is 0.220. The fraction of sp³-hybridized carbons (Fsp3) is 0.500. The zero-order chi connectivity index (χ0) is 11.4. The van der Waals surface area contributed by atoms with Gasteiger partial charge in [0.15, 0.2) is 5.75 Å². The van der Waals surface area contributed by atoms with Crippen LogP contribution in [-0.4, -0.2) is 17.1 Å². The van der Waals surface area contributed by atoms with Gasteiger partial charge in [0, 0.05) is 6.20 Å². The summed E-state index contributed by atoms with van der Waals surface area (Å²) in [7, 11) is 0. The molecule has 4 heteroatoms. The van der Waals surface area contributed by atoms with E-state index in [1.807, 2.05) is 0 Å².